The van der Waals surface area contributed by atoms with Crippen LogP contribution in [0.5, 0.6) is 11.5 Å². The highest BCUT2D eigenvalue weighted by atomic mass is 32.2. The molecular weight excluding hydrogens is 450 g/mol. The number of rotatable bonds is 8. The van der Waals surface area contributed by atoms with E-state index in [0.717, 1.165) is 17.5 Å². The van der Waals surface area contributed by atoms with Gasteiger partial charge in [-0.25, -0.2) is 0 Å². The predicted octanol–water partition coefficient (Wildman–Crippen LogP) is 6.03. The fraction of sp³-hybridized carbons (Fsp3) is 0.185. The molecule has 0 saturated carbocycles. The number of hydrogen-bond donors (Lipinski definition) is 0. The van der Waals surface area contributed by atoms with Crippen LogP contribution >= 0.6 is 24.0 Å². The van der Waals surface area contributed by atoms with Crippen LogP contribution in [0, 0.1) is 6.92 Å². The number of nitrogens with zero attached hydrogens (tertiary/aromatic N) is 1. The van der Waals surface area contributed by atoms with E-state index in [1.54, 1.807) is 12.0 Å². The molecule has 0 spiro atoms. The van der Waals surface area contributed by atoms with Crippen LogP contribution < -0.4 is 9.47 Å². The van der Waals surface area contributed by atoms with Crippen molar-refractivity contribution < 1.29 is 14.3 Å². The van der Waals surface area contributed by atoms with Gasteiger partial charge in [-0.1, -0.05) is 90.2 Å². The number of thioether (sulfide) groups is 1. The number of amides is 1. The van der Waals surface area contributed by atoms with Crippen LogP contribution in [0.2, 0.25) is 0 Å². The molecular formula is C27H25NO3S2. The van der Waals surface area contributed by atoms with Gasteiger partial charge in [0.2, 0.25) is 0 Å². The lowest BCUT2D eigenvalue weighted by atomic mass is 10.1. The van der Waals surface area contributed by atoms with Crippen LogP contribution in [0.3, 0.4) is 0 Å². The SMILES string of the molecule is COc1cc(/C=C2/SC(=S)N(CCc3ccccc3)C2=O)ccc1OCc1ccc(C)cc1. The van der Waals surface area contributed by atoms with Gasteiger partial charge >= 0.3 is 0 Å². The van der Waals surface area contributed by atoms with E-state index in [-0.39, 0.29) is 5.91 Å². The summed E-state index contributed by atoms with van der Waals surface area (Å²) in [5.41, 5.74) is 4.34. The summed E-state index contributed by atoms with van der Waals surface area (Å²) in [6.45, 7) is 3.08. The maximum atomic E-state index is 12.9. The maximum Gasteiger partial charge on any atom is 0.266 e. The van der Waals surface area contributed by atoms with E-state index in [1.807, 2.05) is 42.5 Å². The molecule has 1 saturated heterocycles. The first-order chi connectivity index (χ1) is 16.0. The number of benzene rings is 3. The van der Waals surface area contributed by atoms with Gasteiger partial charge in [0.1, 0.15) is 10.9 Å². The van der Waals surface area contributed by atoms with Gasteiger partial charge in [0.15, 0.2) is 11.5 Å². The van der Waals surface area contributed by atoms with Crippen LogP contribution in [0.1, 0.15) is 22.3 Å². The third-order valence-electron chi connectivity index (χ3n) is 5.34. The molecule has 0 unspecified atom stereocenters. The molecule has 1 aliphatic rings. The van der Waals surface area contributed by atoms with Crippen molar-refractivity contribution in [3.8, 4) is 11.5 Å². The van der Waals surface area contributed by atoms with Crippen LogP contribution in [0.25, 0.3) is 6.08 Å². The van der Waals surface area contributed by atoms with E-state index in [2.05, 4.69) is 43.3 Å². The van der Waals surface area contributed by atoms with Crippen LogP contribution in [-0.2, 0) is 17.8 Å². The molecule has 168 valence electrons. The maximum absolute atomic E-state index is 12.9. The number of methoxy groups -OCH3 is 1. The predicted molar refractivity (Wildman–Crippen MR) is 139 cm³/mol. The minimum Gasteiger partial charge on any atom is -0.493 e. The second-order valence-electron chi connectivity index (χ2n) is 7.75. The van der Waals surface area contributed by atoms with Crippen molar-refractivity contribution in [2.45, 2.75) is 20.0 Å². The van der Waals surface area contributed by atoms with Gasteiger partial charge < -0.3 is 9.47 Å². The molecule has 6 heteroatoms. The van der Waals surface area contributed by atoms with Crippen molar-refractivity contribution in [2.75, 3.05) is 13.7 Å². The topological polar surface area (TPSA) is 38.8 Å². The number of hydrogen-bond acceptors (Lipinski definition) is 5. The van der Waals surface area contributed by atoms with Gasteiger partial charge in [-0.2, -0.15) is 0 Å². The molecule has 0 aliphatic carbocycles. The molecule has 1 amide bonds. The van der Waals surface area contributed by atoms with Crippen LogP contribution in [0.15, 0.2) is 77.7 Å². The average molecular weight is 476 g/mol. The van der Waals surface area contributed by atoms with Gasteiger partial charge in [-0.15, -0.1) is 0 Å². The van der Waals surface area contributed by atoms with Crippen molar-refractivity contribution in [3.05, 3.63) is 100.0 Å². The molecule has 4 rings (SSSR count). The summed E-state index contributed by atoms with van der Waals surface area (Å²) in [7, 11) is 1.61. The fourth-order valence-corrected chi connectivity index (χ4v) is 4.78. The lowest BCUT2D eigenvalue weighted by molar-refractivity contribution is -0.122. The van der Waals surface area contributed by atoms with Gasteiger partial charge in [0, 0.05) is 6.54 Å². The summed E-state index contributed by atoms with van der Waals surface area (Å²) in [5.74, 6) is 1.22. The zero-order valence-electron chi connectivity index (χ0n) is 18.6. The van der Waals surface area contributed by atoms with E-state index in [1.165, 1.54) is 22.9 Å². The third-order valence-corrected chi connectivity index (χ3v) is 6.72. The summed E-state index contributed by atoms with van der Waals surface area (Å²) < 4.78 is 12.1. The van der Waals surface area contributed by atoms with Crippen molar-refractivity contribution in [2.24, 2.45) is 0 Å². The highest BCUT2D eigenvalue weighted by molar-refractivity contribution is 8.26. The Kier molecular flexibility index (Phi) is 7.47. The summed E-state index contributed by atoms with van der Waals surface area (Å²) in [6.07, 6.45) is 2.62. The second kappa shape index (κ2) is 10.7. The Morgan fingerprint density at radius 2 is 1.73 bits per heavy atom. The van der Waals surface area contributed by atoms with Gasteiger partial charge in [-0.3, -0.25) is 9.69 Å². The van der Waals surface area contributed by atoms with Gasteiger partial charge in [0.05, 0.1) is 12.0 Å². The first-order valence-corrected chi connectivity index (χ1v) is 11.9. The van der Waals surface area contributed by atoms with E-state index in [0.29, 0.717) is 33.9 Å². The molecule has 4 nitrogen and oxygen atoms in total. The smallest absolute Gasteiger partial charge is 0.266 e. The summed E-state index contributed by atoms with van der Waals surface area (Å²) in [5, 5.41) is 0. The molecule has 3 aromatic rings. The first-order valence-electron chi connectivity index (χ1n) is 10.7. The van der Waals surface area contributed by atoms with Crippen molar-refractivity contribution >= 4 is 40.3 Å². The van der Waals surface area contributed by atoms with E-state index in [4.69, 9.17) is 21.7 Å². The number of carbonyl (C=O) groups excluding carboxylic acids is 1. The van der Waals surface area contributed by atoms with Crippen molar-refractivity contribution in [3.63, 3.8) is 0 Å². The third kappa shape index (κ3) is 5.83. The Balaban J connectivity index is 1.43. The van der Waals surface area contributed by atoms with E-state index < -0.39 is 0 Å². The highest BCUT2D eigenvalue weighted by Crippen LogP contribution is 2.35. The normalized spacial score (nSPS) is 14.7. The number of aryl methyl sites for hydroxylation is 1. The Morgan fingerprint density at radius 1 is 0.970 bits per heavy atom. The molecule has 1 aliphatic heterocycles. The number of ether oxygens (including phenoxy) is 2. The van der Waals surface area contributed by atoms with E-state index >= 15 is 0 Å². The lowest BCUT2D eigenvalue weighted by Crippen LogP contribution is -2.30. The van der Waals surface area contributed by atoms with Gasteiger partial charge in [-0.05, 0) is 48.2 Å². The molecule has 0 aromatic heterocycles. The van der Waals surface area contributed by atoms with E-state index in [9.17, 15) is 4.79 Å². The number of thiocarbonyl (C=S) groups is 1. The summed E-state index contributed by atoms with van der Waals surface area (Å²) in [4.78, 5) is 15.2. The standard InChI is InChI=1S/C27H25NO3S2/c1-19-8-10-21(11-9-19)18-31-23-13-12-22(16-24(23)30-2)17-25-26(29)28(27(32)33-25)15-14-20-6-4-3-5-7-20/h3-13,16-17H,14-15,18H2,1-2H3/b25-17+. The van der Waals surface area contributed by atoms with Crippen molar-refractivity contribution in [1.82, 2.24) is 4.90 Å². The van der Waals surface area contributed by atoms with Crippen LogP contribution in [-0.4, -0.2) is 28.8 Å². The first kappa shape index (κ1) is 23.1. The highest BCUT2D eigenvalue weighted by Gasteiger charge is 2.31. The Hall–Kier alpha value is -3.09. The largest absolute Gasteiger partial charge is 0.493 e. The molecule has 1 heterocycles. The Morgan fingerprint density at radius 3 is 2.45 bits per heavy atom. The Bertz CT molecular complexity index is 1170. The quantitative estimate of drug-likeness (QED) is 0.294. The zero-order valence-corrected chi connectivity index (χ0v) is 20.2. The fourth-order valence-electron chi connectivity index (χ4n) is 3.47. The molecule has 0 atom stereocenters. The molecule has 0 radical (unpaired) electrons. The monoisotopic (exact) mass is 475 g/mol. The molecule has 0 N–H and O–H groups in total. The second-order valence-corrected chi connectivity index (χ2v) is 9.43. The zero-order chi connectivity index (χ0) is 23.2. The minimum atomic E-state index is -0.0559. The molecule has 3 aromatic carbocycles. The molecule has 1 fully saturated rings. The van der Waals surface area contributed by atoms with Gasteiger partial charge in [0.25, 0.3) is 5.91 Å². The Labute approximate surface area is 204 Å². The average Bonchev–Trinajstić information content (AvgIpc) is 3.10. The minimum absolute atomic E-state index is 0.0559. The summed E-state index contributed by atoms with van der Waals surface area (Å²) in [6, 6.07) is 24.0. The van der Waals surface area contributed by atoms with Crippen molar-refractivity contribution in [1.29, 1.82) is 0 Å². The lowest BCUT2D eigenvalue weighted by Gasteiger charge is -2.14. The number of carbonyl (C=O) groups is 1. The summed E-state index contributed by atoms with van der Waals surface area (Å²) >= 11 is 6.80. The molecule has 0 bridgehead atoms. The van der Waals surface area contributed by atoms with Crippen LogP contribution in [0.4, 0.5) is 0 Å². The molecule has 33 heavy (non-hydrogen) atoms.